The number of rotatable bonds is 4. The maximum atomic E-state index is 6.21. The summed E-state index contributed by atoms with van der Waals surface area (Å²) >= 11 is 6.21. The van der Waals surface area contributed by atoms with Crippen LogP contribution in [0.5, 0.6) is 0 Å². The molecule has 4 heteroatoms. The molecule has 1 saturated heterocycles. The second kappa shape index (κ2) is 6.58. The lowest BCUT2D eigenvalue weighted by molar-refractivity contribution is 0.355. The number of nitrogens with one attached hydrogen (secondary N) is 1. The number of piperidine rings is 1. The highest BCUT2D eigenvalue weighted by molar-refractivity contribution is 6.31. The predicted molar refractivity (Wildman–Crippen MR) is 81.8 cm³/mol. The molecular formula is C15H24ClN3. The van der Waals surface area contributed by atoms with E-state index in [1.807, 2.05) is 12.1 Å². The van der Waals surface area contributed by atoms with Gasteiger partial charge in [-0.2, -0.15) is 0 Å². The number of pyridine rings is 1. The van der Waals surface area contributed by atoms with Gasteiger partial charge < -0.3 is 10.2 Å². The Balaban J connectivity index is 2.15. The number of hydrogen-bond acceptors (Lipinski definition) is 3. The van der Waals surface area contributed by atoms with Gasteiger partial charge in [0, 0.05) is 19.6 Å². The Labute approximate surface area is 121 Å². The molecule has 2 heterocycles. The minimum Gasteiger partial charge on any atom is -0.356 e. The fourth-order valence-corrected chi connectivity index (χ4v) is 3.04. The van der Waals surface area contributed by atoms with Gasteiger partial charge in [0.05, 0.1) is 10.7 Å². The third-order valence-electron chi connectivity index (χ3n) is 3.64. The van der Waals surface area contributed by atoms with Crippen molar-refractivity contribution in [2.45, 2.75) is 33.7 Å². The maximum absolute atomic E-state index is 6.21. The van der Waals surface area contributed by atoms with E-state index in [1.165, 1.54) is 6.42 Å². The molecule has 0 aliphatic carbocycles. The van der Waals surface area contributed by atoms with Gasteiger partial charge in [-0.3, -0.25) is 0 Å². The molecule has 106 valence electrons. The van der Waals surface area contributed by atoms with Gasteiger partial charge in [0.2, 0.25) is 0 Å². The van der Waals surface area contributed by atoms with Gasteiger partial charge in [-0.1, -0.05) is 32.4 Å². The summed E-state index contributed by atoms with van der Waals surface area (Å²) in [6.45, 7) is 10.6. The van der Waals surface area contributed by atoms with E-state index in [1.54, 1.807) is 0 Å². The van der Waals surface area contributed by atoms with Crippen LogP contribution in [0.2, 0.25) is 5.02 Å². The number of hydrogen-bond donors (Lipinski definition) is 1. The van der Waals surface area contributed by atoms with Crippen LogP contribution < -0.4 is 10.2 Å². The van der Waals surface area contributed by atoms with Crippen molar-refractivity contribution >= 4 is 17.4 Å². The fraction of sp³-hybridized carbons (Fsp3) is 0.667. The zero-order valence-corrected chi connectivity index (χ0v) is 12.9. The number of anilines is 1. The van der Waals surface area contributed by atoms with E-state index < -0.39 is 0 Å². The lowest BCUT2D eigenvalue weighted by atomic mass is 9.92. The Kier molecular flexibility index (Phi) is 5.06. The van der Waals surface area contributed by atoms with Gasteiger partial charge in [-0.25, -0.2) is 4.98 Å². The van der Waals surface area contributed by atoms with E-state index in [9.17, 15) is 0 Å². The molecule has 1 aliphatic rings. The largest absolute Gasteiger partial charge is 0.356 e. The SMILES string of the molecule is CCNCc1nc(N2CC(C)CC(C)C2)ccc1Cl. The van der Waals surface area contributed by atoms with Crippen LogP contribution in [-0.4, -0.2) is 24.6 Å². The molecule has 0 aromatic carbocycles. The van der Waals surface area contributed by atoms with Gasteiger partial charge in [0.1, 0.15) is 5.82 Å². The highest BCUT2D eigenvalue weighted by Gasteiger charge is 2.23. The van der Waals surface area contributed by atoms with Crippen molar-refractivity contribution in [2.75, 3.05) is 24.5 Å². The van der Waals surface area contributed by atoms with Crippen LogP contribution in [-0.2, 0) is 6.54 Å². The normalized spacial score (nSPS) is 23.7. The molecular weight excluding hydrogens is 258 g/mol. The first-order chi connectivity index (χ1) is 9.10. The monoisotopic (exact) mass is 281 g/mol. The van der Waals surface area contributed by atoms with Crippen LogP contribution in [0.3, 0.4) is 0 Å². The van der Waals surface area contributed by atoms with Crippen molar-refractivity contribution in [1.29, 1.82) is 0 Å². The van der Waals surface area contributed by atoms with Crippen molar-refractivity contribution in [2.24, 2.45) is 11.8 Å². The molecule has 0 bridgehead atoms. The second-order valence-corrected chi connectivity index (χ2v) is 6.14. The number of halogens is 1. The van der Waals surface area contributed by atoms with Crippen LogP contribution in [0.25, 0.3) is 0 Å². The van der Waals surface area contributed by atoms with Gasteiger partial charge in [-0.05, 0) is 36.9 Å². The average Bonchev–Trinajstić information content (AvgIpc) is 2.36. The minimum absolute atomic E-state index is 0.735. The average molecular weight is 282 g/mol. The lowest BCUT2D eigenvalue weighted by Gasteiger charge is -2.36. The summed E-state index contributed by atoms with van der Waals surface area (Å²) in [5, 5.41) is 4.04. The van der Waals surface area contributed by atoms with Crippen molar-refractivity contribution in [3.63, 3.8) is 0 Å². The first kappa shape index (κ1) is 14.6. The molecule has 1 N–H and O–H groups in total. The quantitative estimate of drug-likeness (QED) is 0.918. The first-order valence-electron chi connectivity index (χ1n) is 7.21. The van der Waals surface area contributed by atoms with Crippen molar-refractivity contribution in [1.82, 2.24) is 10.3 Å². The first-order valence-corrected chi connectivity index (χ1v) is 7.59. The third kappa shape index (κ3) is 3.83. The molecule has 1 aromatic rings. The number of nitrogens with zero attached hydrogens (tertiary/aromatic N) is 2. The minimum atomic E-state index is 0.735. The van der Waals surface area contributed by atoms with E-state index in [-0.39, 0.29) is 0 Å². The summed E-state index contributed by atoms with van der Waals surface area (Å²) in [6.07, 6.45) is 1.31. The zero-order chi connectivity index (χ0) is 13.8. The molecule has 2 atom stereocenters. The lowest BCUT2D eigenvalue weighted by Crippen LogP contribution is -2.39. The topological polar surface area (TPSA) is 28.2 Å². The van der Waals surface area contributed by atoms with Crippen LogP contribution in [0.4, 0.5) is 5.82 Å². The highest BCUT2D eigenvalue weighted by Crippen LogP contribution is 2.26. The Morgan fingerprint density at radius 1 is 1.32 bits per heavy atom. The summed E-state index contributed by atoms with van der Waals surface area (Å²) in [4.78, 5) is 7.13. The number of aromatic nitrogens is 1. The van der Waals surface area contributed by atoms with E-state index in [0.29, 0.717) is 0 Å². The summed E-state index contributed by atoms with van der Waals surface area (Å²) in [5.74, 6) is 2.53. The smallest absolute Gasteiger partial charge is 0.128 e. The van der Waals surface area contributed by atoms with Gasteiger partial charge in [0.15, 0.2) is 0 Å². The van der Waals surface area contributed by atoms with Crippen molar-refractivity contribution in [3.05, 3.63) is 22.8 Å². The predicted octanol–water partition coefficient (Wildman–Crippen LogP) is 3.33. The molecule has 0 amide bonds. The Morgan fingerprint density at radius 2 is 2.00 bits per heavy atom. The molecule has 3 nitrogen and oxygen atoms in total. The molecule has 19 heavy (non-hydrogen) atoms. The molecule has 0 radical (unpaired) electrons. The van der Waals surface area contributed by atoms with E-state index in [4.69, 9.17) is 16.6 Å². The fourth-order valence-electron chi connectivity index (χ4n) is 2.87. The zero-order valence-electron chi connectivity index (χ0n) is 12.1. The molecule has 0 saturated carbocycles. The van der Waals surface area contributed by atoms with E-state index in [0.717, 1.165) is 54.5 Å². The Bertz CT molecular complexity index is 412. The molecule has 1 aliphatic heterocycles. The highest BCUT2D eigenvalue weighted by atomic mass is 35.5. The molecule has 2 unspecified atom stereocenters. The van der Waals surface area contributed by atoms with E-state index >= 15 is 0 Å². The van der Waals surface area contributed by atoms with Crippen LogP contribution >= 0.6 is 11.6 Å². The van der Waals surface area contributed by atoms with E-state index in [2.05, 4.69) is 31.0 Å². The van der Waals surface area contributed by atoms with Crippen molar-refractivity contribution in [3.8, 4) is 0 Å². The molecule has 2 rings (SSSR count). The van der Waals surface area contributed by atoms with Crippen LogP contribution in [0.15, 0.2) is 12.1 Å². The van der Waals surface area contributed by atoms with Gasteiger partial charge >= 0.3 is 0 Å². The molecule has 1 aromatic heterocycles. The van der Waals surface area contributed by atoms with Crippen LogP contribution in [0.1, 0.15) is 32.9 Å². The standard InChI is InChI=1S/C15H24ClN3/c1-4-17-8-14-13(16)5-6-15(18-14)19-9-11(2)7-12(3)10-19/h5-6,11-12,17H,4,7-10H2,1-3H3. The maximum Gasteiger partial charge on any atom is 0.128 e. The Hall–Kier alpha value is -0.800. The Morgan fingerprint density at radius 3 is 2.63 bits per heavy atom. The molecule has 1 fully saturated rings. The van der Waals surface area contributed by atoms with Gasteiger partial charge in [-0.15, -0.1) is 0 Å². The summed E-state index contributed by atoms with van der Waals surface area (Å²) in [6, 6.07) is 4.02. The van der Waals surface area contributed by atoms with Crippen LogP contribution in [0, 0.1) is 11.8 Å². The summed E-state index contributed by atoms with van der Waals surface area (Å²) in [7, 11) is 0. The summed E-state index contributed by atoms with van der Waals surface area (Å²) in [5.41, 5.74) is 0.951. The van der Waals surface area contributed by atoms with Gasteiger partial charge in [0.25, 0.3) is 0 Å². The second-order valence-electron chi connectivity index (χ2n) is 5.73. The summed E-state index contributed by atoms with van der Waals surface area (Å²) < 4.78 is 0. The van der Waals surface area contributed by atoms with Crippen molar-refractivity contribution < 1.29 is 0 Å². The molecule has 0 spiro atoms. The third-order valence-corrected chi connectivity index (χ3v) is 3.98.